The van der Waals surface area contributed by atoms with Crippen LogP contribution in [0.3, 0.4) is 0 Å². The van der Waals surface area contributed by atoms with Gasteiger partial charge in [0.15, 0.2) is 21.3 Å². The number of pyridine rings is 1. The summed E-state index contributed by atoms with van der Waals surface area (Å²) < 4.78 is 25.8. The molecule has 0 unspecified atom stereocenters. The second-order valence-electron chi connectivity index (χ2n) is 11.0. The van der Waals surface area contributed by atoms with E-state index >= 15 is 0 Å². The van der Waals surface area contributed by atoms with Crippen LogP contribution in [0.5, 0.6) is 0 Å². The molecule has 0 amide bonds. The van der Waals surface area contributed by atoms with Crippen molar-refractivity contribution in [3.63, 3.8) is 0 Å². The van der Waals surface area contributed by atoms with Gasteiger partial charge in [0.25, 0.3) is 0 Å². The van der Waals surface area contributed by atoms with E-state index in [1.165, 1.54) is 6.08 Å². The summed E-state index contributed by atoms with van der Waals surface area (Å²) in [7, 11) is -3.04. The van der Waals surface area contributed by atoms with E-state index in [0.29, 0.717) is 43.6 Å². The van der Waals surface area contributed by atoms with E-state index in [-0.39, 0.29) is 23.2 Å². The molecule has 5 aromatic rings. The van der Waals surface area contributed by atoms with Gasteiger partial charge < -0.3 is 10.2 Å². The van der Waals surface area contributed by atoms with Crippen LogP contribution in [0.15, 0.2) is 73.6 Å². The van der Waals surface area contributed by atoms with Crippen LogP contribution in [0.1, 0.15) is 36.5 Å². The highest BCUT2D eigenvalue weighted by molar-refractivity contribution is 7.91. The summed E-state index contributed by atoms with van der Waals surface area (Å²) in [5.41, 5.74) is 5.46. The highest BCUT2D eigenvalue weighted by Gasteiger charge is 2.25. The van der Waals surface area contributed by atoms with E-state index in [1.54, 1.807) is 10.7 Å². The number of anilines is 2. The Morgan fingerprint density at radius 3 is 2.65 bits per heavy atom. The molecule has 1 aliphatic rings. The number of nitrogens with one attached hydrogen (secondary N) is 1. The van der Waals surface area contributed by atoms with Crippen molar-refractivity contribution < 1.29 is 13.2 Å². The number of sulfone groups is 1. The third-order valence-electron chi connectivity index (χ3n) is 7.78. The van der Waals surface area contributed by atoms with Crippen molar-refractivity contribution in [1.29, 1.82) is 0 Å². The van der Waals surface area contributed by atoms with E-state index in [9.17, 15) is 13.2 Å². The van der Waals surface area contributed by atoms with Crippen molar-refractivity contribution in [3.05, 3.63) is 90.3 Å². The molecule has 1 N–H and O–H groups in total. The maximum Gasteiger partial charge on any atom is 0.230 e. The van der Waals surface area contributed by atoms with Crippen LogP contribution in [0.25, 0.3) is 27.7 Å². The molecule has 1 aliphatic heterocycles. The molecule has 0 spiro atoms. The van der Waals surface area contributed by atoms with Gasteiger partial charge >= 0.3 is 0 Å². The smallest absolute Gasteiger partial charge is 0.230 e. The minimum atomic E-state index is -3.04. The van der Waals surface area contributed by atoms with Crippen molar-refractivity contribution in [3.8, 4) is 11.3 Å². The monoisotopic (exact) mass is 595 g/mol. The maximum atomic E-state index is 12.1. The molecular weight excluding hydrogens is 562 g/mol. The number of ketones is 1. The Labute approximate surface area is 250 Å². The molecule has 10 nitrogen and oxygen atoms in total. The molecule has 0 saturated carbocycles. The molecule has 220 valence electrons. The van der Waals surface area contributed by atoms with Gasteiger partial charge in [0, 0.05) is 48.8 Å². The minimum absolute atomic E-state index is 0.0185. The zero-order valence-corrected chi connectivity index (χ0v) is 25.0. The Kier molecular flexibility index (Phi) is 7.66. The second-order valence-corrected chi connectivity index (χ2v) is 13.4. The van der Waals surface area contributed by atoms with Crippen LogP contribution >= 0.6 is 0 Å². The van der Waals surface area contributed by atoms with Crippen molar-refractivity contribution in [2.45, 2.75) is 32.7 Å². The number of hydrogen-bond acceptors (Lipinski definition) is 9. The quantitative estimate of drug-likeness (QED) is 0.244. The zero-order chi connectivity index (χ0) is 30.1. The standard InChI is InChI=1S/C32H33N7O3S/c1-4-25(40)18-22-9-10-27-23(17-22)11-12-33-29(27)26-8-6-5-7-24(26)19-34-31-37-32(38-13-15-43(41,42)16-14-38)36-30-28(21(2)3)20-35-39(30)31/h4-12,17,20-21H,1,13-16,18-19H2,2-3H3,(H,34,36,37). The van der Waals surface area contributed by atoms with Crippen molar-refractivity contribution >= 4 is 43.9 Å². The van der Waals surface area contributed by atoms with Gasteiger partial charge in [0.2, 0.25) is 11.9 Å². The lowest BCUT2D eigenvalue weighted by Gasteiger charge is -2.27. The normalized spacial score (nSPS) is 14.8. The summed E-state index contributed by atoms with van der Waals surface area (Å²) in [6, 6.07) is 16.0. The van der Waals surface area contributed by atoms with E-state index < -0.39 is 9.84 Å². The molecule has 4 heterocycles. The largest absolute Gasteiger partial charge is 0.350 e. The van der Waals surface area contributed by atoms with Gasteiger partial charge in [-0.2, -0.15) is 19.6 Å². The molecule has 43 heavy (non-hydrogen) atoms. The lowest BCUT2D eigenvalue weighted by atomic mass is 9.97. The molecule has 2 aromatic carbocycles. The number of hydrogen-bond donors (Lipinski definition) is 1. The fourth-order valence-corrected chi connectivity index (χ4v) is 6.57. The molecule has 11 heteroatoms. The summed E-state index contributed by atoms with van der Waals surface area (Å²) in [6.45, 7) is 8.90. The number of benzene rings is 2. The molecule has 0 aliphatic carbocycles. The number of carbonyl (C=O) groups excluding carboxylic acids is 1. The Bertz CT molecular complexity index is 1950. The number of aromatic nitrogens is 5. The molecule has 1 fully saturated rings. The van der Waals surface area contributed by atoms with Gasteiger partial charge in [-0.3, -0.25) is 9.78 Å². The highest BCUT2D eigenvalue weighted by Crippen LogP contribution is 2.31. The minimum Gasteiger partial charge on any atom is -0.350 e. The van der Waals surface area contributed by atoms with Crippen molar-refractivity contribution in [2.75, 3.05) is 34.8 Å². The summed E-state index contributed by atoms with van der Waals surface area (Å²) in [5, 5.41) is 10.1. The van der Waals surface area contributed by atoms with Gasteiger partial charge in [0.05, 0.1) is 23.4 Å². The zero-order valence-electron chi connectivity index (χ0n) is 24.2. The Hall–Kier alpha value is -4.64. The molecular formula is C32H33N7O3S. The topological polar surface area (TPSA) is 122 Å². The molecule has 0 bridgehead atoms. The summed E-state index contributed by atoms with van der Waals surface area (Å²) in [4.78, 5) is 28.2. The lowest BCUT2D eigenvalue weighted by Crippen LogP contribution is -2.41. The first-order chi connectivity index (χ1) is 20.7. The number of fused-ring (bicyclic) bond motifs is 2. The average molecular weight is 596 g/mol. The number of carbonyl (C=O) groups is 1. The lowest BCUT2D eigenvalue weighted by molar-refractivity contribution is -0.114. The molecule has 6 rings (SSSR count). The first-order valence-corrected chi connectivity index (χ1v) is 16.1. The van der Waals surface area contributed by atoms with Crippen LogP contribution < -0.4 is 10.2 Å². The predicted molar refractivity (Wildman–Crippen MR) is 169 cm³/mol. The first kappa shape index (κ1) is 28.5. The van der Waals surface area contributed by atoms with Crippen LogP contribution in [0.4, 0.5) is 11.9 Å². The SMILES string of the molecule is C=CC(=O)Cc1ccc2c(-c3ccccc3CNc3nc(N4CCS(=O)(=O)CC4)nc4c(C(C)C)cnn34)nccc2c1. The van der Waals surface area contributed by atoms with Crippen LogP contribution in [-0.2, 0) is 27.6 Å². The summed E-state index contributed by atoms with van der Waals surface area (Å²) >= 11 is 0. The van der Waals surface area contributed by atoms with Crippen LogP contribution in [0.2, 0.25) is 0 Å². The Balaban J connectivity index is 1.34. The van der Waals surface area contributed by atoms with Gasteiger partial charge in [-0.15, -0.1) is 0 Å². The number of rotatable bonds is 9. The van der Waals surface area contributed by atoms with Crippen LogP contribution in [0, 0.1) is 0 Å². The molecule has 3 aromatic heterocycles. The molecule has 0 radical (unpaired) electrons. The van der Waals surface area contributed by atoms with Gasteiger partial charge in [-0.1, -0.05) is 62.9 Å². The third kappa shape index (κ3) is 5.85. The van der Waals surface area contributed by atoms with Crippen LogP contribution in [-0.4, -0.2) is 63.4 Å². The van der Waals surface area contributed by atoms with Gasteiger partial charge in [0.1, 0.15) is 0 Å². The fraction of sp³-hybridized carbons (Fsp3) is 0.281. The van der Waals surface area contributed by atoms with E-state index in [4.69, 9.17) is 15.0 Å². The van der Waals surface area contributed by atoms with Gasteiger partial charge in [-0.25, -0.2) is 8.42 Å². The fourth-order valence-electron chi connectivity index (χ4n) is 5.36. The second kappa shape index (κ2) is 11.6. The molecule has 1 saturated heterocycles. The molecule has 0 atom stereocenters. The van der Waals surface area contributed by atoms with Crippen molar-refractivity contribution in [2.24, 2.45) is 0 Å². The maximum absolute atomic E-state index is 12.1. The highest BCUT2D eigenvalue weighted by atomic mass is 32.2. The van der Waals surface area contributed by atoms with E-state index in [0.717, 1.165) is 38.7 Å². The van der Waals surface area contributed by atoms with E-state index in [2.05, 4.69) is 36.9 Å². The Morgan fingerprint density at radius 2 is 1.88 bits per heavy atom. The van der Waals surface area contributed by atoms with Crippen molar-refractivity contribution in [1.82, 2.24) is 24.6 Å². The van der Waals surface area contributed by atoms with Gasteiger partial charge in [-0.05, 0) is 34.6 Å². The predicted octanol–water partition coefficient (Wildman–Crippen LogP) is 4.61. The third-order valence-corrected chi connectivity index (χ3v) is 9.39. The van der Waals surface area contributed by atoms with E-state index in [1.807, 2.05) is 53.6 Å². The number of nitrogens with zero attached hydrogens (tertiary/aromatic N) is 6. The average Bonchev–Trinajstić information content (AvgIpc) is 3.44. The Morgan fingerprint density at radius 1 is 1.09 bits per heavy atom. The number of allylic oxidation sites excluding steroid dienone is 1. The summed E-state index contributed by atoms with van der Waals surface area (Å²) in [6.07, 6.45) is 5.27. The first-order valence-electron chi connectivity index (χ1n) is 14.3. The summed E-state index contributed by atoms with van der Waals surface area (Å²) in [5.74, 6) is 1.36.